The van der Waals surface area contributed by atoms with E-state index in [1.807, 2.05) is 0 Å². The van der Waals surface area contributed by atoms with Gasteiger partial charge in [-0.1, -0.05) is 0 Å². The Morgan fingerprint density at radius 2 is 1.12 bits per heavy atom. The summed E-state index contributed by atoms with van der Waals surface area (Å²) in [5, 5.41) is 0. The van der Waals surface area contributed by atoms with Crippen LogP contribution in [-0.4, -0.2) is 17.5 Å². The first-order valence-corrected chi connectivity index (χ1v) is 2.10. The predicted octanol–water partition coefficient (Wildman–Crippen LogP) is -6.31. The molecule has 44 valence electrons. The molecule has 8 heteroatoms. The first-order chi connectivity index (χ1) is 2.00. The Hall–Kier alpha value is 2.22. The second-order valence-corrected chi connectivity index (χ2v) is 1.34. The molecule has 0 aliphatic rings. The normalized spacial score (nSPS) is 7.25. The molecular formula is H6Na2O4S2. The van der Waals surface area contributed by atoms with Crippen LogP contribution in [0.15, 0.2) is 0 Å². The molecule has 0 rings (SSSR count). The molecule has 0 saturated carbocycles. The third-order valence-electron chi connectivity index (χ3n) is 0. The summed E-state index contributed by atoms with van der Waals surface area (Å²) < 4.78 is 31.6. The summed E-state index contributed by atoms with van der Waals surface area (Å²) in [4.78, 5) is 0. The van der Waals surface area contributed by atoms with Gasteiger partial charge in [-0.05, 0) is 0 Å². The predicted molar refractivity (Wildman–Crippen MR) is 26.8 cm³/mol. The van der Waals surface area contributed by atoms with E-state index < -0.39 is 10.4 Å². The van der Waals surface area contributed by atoms with Gasteiger partial charge in [-0.2, -0.15) is 21.9 Å². The standard InChI is InChI=1S/2Na.H2O4S.H2S.2H/c;;1-5(2,3)4;;;/h;;(H2,1,2,3,4);1H2;;/q2*+1;;;2*-1. The molecule has 0 saturated heterocycles. The summed E-state index contributed by atoms with van der Waals surface area (Å²) in [5.41, 5.74) is 0. The van der Waals surface area contributed by atoms with Gasteiger partial charge in [-0.25, -0.2) is 0 Å². The minimum absolute atomic E-state index is 0. The Kier molecular flexibility index (Phi) is 25.9. The molecular weight excluding hydrogens is 174 g/mol. The van der Waals surface area contributed by atoms with Gasteiger partial charge in [0, 0.05) is 0 Å². The molecule has 0 spiro atoms. The van der Waals surface area contributed by atoms with Crippen molar-refractivity contribution in [2.75, 3.05) is 0 Å². The van der Waals surface area contributed by atoms with Gasteiger partial charge in [-0.3, -0.25) is 9.11 Å². The average Bonchev–Trinajstić information content (AvgIpc) is 0.722. The molecule has 0 fully saturated rings. The van der Waals surface area contributed by atoms with Crippen molar-refractivity contribution in [2.24, 2.45) is 0 Å². The van der Waals surface area contributed by atoms with Crippen LogP contribution in [0.4, 0.5) is 0 Å². The third-order valence-corrected chi connectivity index (χ3v) is 0. The van der Waals surface area contributed by atoms with Crippen LogP contribution in [0.2, 0.25) is 0 Å². The first kappa shape index (κ1) is 22.5. The van der Waals surface area contributed by atoms with E-state index in [4.69, 9.17) is 17.5 Å². The molecule has 2 N–H and O–H groups in total. The third kappa shape index (κ3) is 86.9. The van der Waals surface area contributed by atoms with Crippen molar-refractivity contribution in [2.45, 2.75) is 0 Å². The van der Waals surface area contributed by atoms with Gasteiger partial charge < -0.3 is 2.85 Å². The fourth-order valence-electron chi connectivity index (χ4n) is 0. The van der Waals surface area contributed by atoms with E-state index in [-0.39, 0.29) is 75.5 Å². The molecule has 0 heterocycles. The minimum atomic E-state index is -4.67. The van der Waals surface area contributed by atoms with Crippen LogP contribution >= 0.6 is 13.5 Å². The summed E-state index contributed by atoms with van der Waals surface area (Å²) in [7, 11) is -4.67. The summed E-state index contributed by atoms with van der Waals surface area (Å²) >= 11 is 0. The van der Waals surface area contributed by atoms with Crippen molar-refractivity contribution < 1.29 is 79.5 Å². The fourth-order valence-corrected chi connectivity index (χ4v) is 0. The molecule has 0 bridgehead atoms. The summed E-state index contributed by atoms with van der Waals surface area (Å²) in [6.45, 7) is 0. The van der Waals surface area contributed by atoms with E-state index >= 15 is 0 Å². The molecule has 0 unspecified atom stereocenters. The minimum Gasteiger partial charge on any atom is -1.00 e. The van der Waals surface area contributed by atoms with Crippen LogP contribution in [0, 0.1) is 0 Å². The van der Waals surface area contributed by atoms with E-state index in [2.05, 4.69) is 0 Å². The van der Waals surface area contributed by atoms with Crippen LogP contribution in [0.5, 0.6) is 0 Å². The van der Waals surface area contributed by atoms with Crippen LogP contribution in [0.25, 0.3) is 0 Å². The van der Waals surface area contributed by atoms with E-state index in [9.17, 15) is 0 Å². The van der Waals surface area contributed by atoms with E-state index in [1.54, 1.807) is 0 Å². The zero-order valence-corrected chi connectivity index (χ0v) is 10.4. The Morgan fingerprint density at radius 1 is 1.12 bits per heavy atom. The largest absolute Gasteiger partial charge is 1.00 e. The molecule has 8 heavy (non-hydrogen) atoms. The second kappa shape index (κ2) is 9.22. The maximum absolute atomic E-state index is 8.74. The van der Waals surface area contributed by atoms with Crippen LogP contribution in [-0.2, 0) is 10.4 Å². The number of hydrogen-bond donors (Lipinski definition) is 2. The molecule has 0 aromatic rings. The van der Waals surface area contributed by atoms with Gasteiger partial charge >= 0.3 is 69.5 Å². The van der Waals surface area contributed by atoms with Gasteiger partial charge in [0.1, 0.15) is 0 Å². The van der Waals surface area contributed by atoms with Gasteiger partial charge in [0.25, 0.3) is 0 Å². The van der Waals surface area contributed by atoms with Gasteiger partial charge in [-0.15, -0.1) is 0 Å². The Morgan fingerprint density at radius 3 is 1.12 bits per heavy atom. The van der Waals surface area contributed by atoms with Crippen LogP contribution in [0.1, 0.15) is 2.85 Å². The smallest absolute Gasteiger partial charge is 1.00 e. The van der Waals surface area contributed by atoms with Crippen molar-refractivity contribution in [3.05, 3.63) is 0 Å². The maximum Gasteiger partial charge on any atom is 1.00 e. The van der Waals surface area contributed by atoms with Crippen molar-refractivity contribution in [1.29, 1.82) is 0 Å². The number of hydrogen-bond acceptors (Lipinski definition) is 2. The van der Waals surface area contributed by atoms with Crippen molar-refractivity contribution in [3.8, 4) is 0 Å². The van der Waals surface area contributed by atoms with Crippen LogP contribution in [0.3, 0.4) is 0 Å². The fraction of sp³-hybridized carbons (Fsp3) is 0. The quantitative estimate of drug-likeness (QED) is 0.287. The average molecular weight is 180 g/mol. The Labute approximate surface area is 102 Å². The van der Waals surface area contributed by atoms with Crippen molar-refractivity contribution >= 4 is 23.9 Å². The molecule has 0 amide bonds. The molecule has 0 aliphatic heterocycles. The van der Waals surface area contributed by atoms with Crippen LogP contribution < -0.4 is 59.1 Å². The maximum atomic E-state index is 8.74. The monoisotopic (exact) mass is 180 g/mol. The van der Waals surface area contributed by atoms with E-state index in [0.717, 1.165) is 0 Å². The Balaban J connectivity index is -0.00000000800. The molecule has 4 nitrogen and oxygen atoms in total. The van der Waals surface area contributed by atoms with Gasteiger partial charge in [0.2, 0.25) is 0 Å². The summed E-state index contributed by atoms with van der Waals surface area (Å²) in [6, 6.07) is 0. The first-order valence-electron chi connectivity index (χ1n) is 0.698. The summed E-state index contributed by atoms with van der Waals surface area (Å²) in [5.74, 6) is 0. The van der Waals surface area contributed by atoms with Gasteiger partial charge in [0.05, 0.1) is 0 Å². The molecule has 0 atom stereocenters. The SMILES string of the molecule is O=S(=O)(O)O.S.[H-].[H-].[Na+].[Na+]. The molecule has 0 radical (unpaired) electrons. The zero-order valence-electron chi connectivity index (χ0n) is 6.62. The van der Waals surface area contributed by atoms with Crippen molar-refractivity contribution in [1.82, 2.24) is 0 Å². The van der Waals surface area contributed by atoms with Gasteiger partial charge in [0.15, 0.2) is 0 Å². The van der Waals surface area contributed by atoms with Crippen molar-refractivity contribution in [3.63, 3.8) is 0 Å². The topological polar surface area (TPSA) is 74.6 Å². The number of rotatable bonds is 0. The molecule has 0 aliphatic carbocycles. The summed E-state index contributed by atoms with van der Waals surface area (Å²) in [6.07, 6.45) is 0. The zero-order chi connectivity index (χ0) is 4.50. The Bertz CT molecular complexity index is 102. The van der Waals surface area contributed by atoms with E-state index in [0.29, 0.717) is 0 Å². The van der Waals surface area contributed by atoms with E-state index in [1.165, 1.54) is 0 Å². The second-order valence-electron chi connectivity index (χ2n) is 0.448. The molecule has 0 aromatic carbocycles. The molecule has 0 aromatic heterocycles.